The molecule has 0 amide bonds. The number of rotatable bonds is 7. The van der Waals surface area contributed by atoms with Crippen molar-refractivity contribution in [3.05, 3.63) is 33.1 Å². The zero-order valence-corrected chi connectivity index (χ0v) is 15.1. The molecule has 1 aliphatic rings. The van der Waals surface area contributed by atoms with Crippen molar-refractivity contribution in [1.82, 2.24) is 9.55 Å². The highest BCUT2D eigenvalue weighted by molar-refractivity contribution is 7.51. The Kier molecular flexibility index (Phi) is 6.36. The zero-order valence-electron chi connectivity index (χ0n) is 14.2. The number of aromatic amines is 1. The van der Waals surface area contributed by atoms with E-state index in [1.54, 1.807) is 0 Å². The second-order valence-electron chi connectivity index (χ2n) is 6.11. The summed E-state index contributed by atoms with van der Waals surface area (Å²) in [5.74, 6) is 0. The molecule has 1 aromatic rings. The van der Waals surface area contributed by atoms with Crippen molar-refractivity contribution in [1.29, 1.82) is 0 Å². The Labute approximate surface area is 143 Å². The summed E-state index contributed by atoms with van der Waals surface area (Å²) in [5, 5.41) is 0. The maximum absolute atomic E-state index is 12.0. The third-order valence-electron chi connectivity index (χ3n) is 3.82. The first-order chi connectivity index (χ1) is 11.6. The Bertz CT molecular complexity index is 739. The predicted molar refractivity (Wildman–Crippen MR) is 87.6 cm³/mol. The molecule has 1 fully saturated rings. The Morgan fingerprint density at radius 3 is 2.56 bits per heavy atom. The lowest BCUT2D eigenvalue weighted by molar-refractivity contribution is -0.0791. The molecule has 11 heteroatoms. The molecule has 1 saturated heterocycles. The first kappa shape index (κ1) is 20.0. The lowest BCUT2D eigenvalue weighted by Crippen LogP contribution is -2.40. The first-order valence-electron chi connectivity index (χ1n) is 7.82. The second kappa shape index (κ2) is 7.94. The van der Waals surface area contributed by atoms with Gasteiger partial charge in [0.1, 0.15) is 12.2 Å². The minimum absolute atomic E-state index is 0.0378. The van der Waals surface area contributed by atoms with Gasteiger partial charge in [-0.15, -0.1) is 0 Å². The van der Waals surface area contributed by atoms with E-state index in [1.807, 2.05) is 13.8 Å². The van der Waals surface area contributed by atoms with Gasteiger partial charge in [-0.1, -0.05) is 0 Å². The summed E-state index contributed by atoms with van der Waals surface area (Å²) < 4.78 is 29.4. The fraction of sp³-hybridized carbons (Fsp3) is 0.714. The molecule has 0 aromatic carbocycles. The number of nitrogens with zero attached hydrogens (tertiary/aromatic N) is 1. The van der Waals surface area contributed by atoms with Crippen LogP contribution in [0, 0.1) is 0 Å². The largest absolute Gasteiger partial charge is 0.374 e. The molecule has 4 atom stereocenters. The van der Waals surface area contributed by atoms with Gasteiger partial charge in [0.05, 0.1) is 18.4 Å². The van der Waals surface area contributed by atoms with E-state index in [9.17, 15) is 14.2 Å². The van der Waals surface area contributed by atoms with Crippen LogP contribution in [0.3, 0.4) is 0 Å². The summed E-state index contributed by atoms with van der Waals surface area (Å²) in [6.07, 6.45) is -2.11. The van der Waals surface area contributed by atoms with Crippen molar-refractivity contribution in [3.63, 3.8) is 0 Å². The van der Waals surface area contributed by atoms with E-state index in [-0.39, 0.29) is 18.7 Å². The fourth-order valence-electron chi connectivity index (χ4n) is 2.82. The van der Waals surface area contributed by atoms with Crippen LogP contribution in [-0.2, 0) is 18.8 Å². The quantitative estimate of drug-likeness (QED) is 0.555. The summed E-state index contributed by atoms with van der Waals surface area (Å²) in [6.45, 7) is 3.62. The molecular formula is C14H23N2O8P. The van der Waals surface area contributed by atoms with E-state index < -0.39 is 43.4 Å². The van der Waals surface area contributed by atoms with Gasteiger partial charge in [-0.25, -0.2) is 4.79 Å². The highest BCUT2D eigenvalue weighted by Crippen LogP contribution is 2.40. The van der Waals surface area contributed by atoms with Gasteiger partial charge in [-0.2, -0.15) is 0 Å². The van der Waals surface area contributed by atoms with Gasteiger partial charge in [-0.3, -0.25) is 18.9 Å². The van der Waals surface area contributed by atoms with Gasteiger partial charge in [0.25, 0.3) is 5.56 Å². The van der Waals surface area contributed by atoms with Crippen LogP contribution >= 0.6 is 7.60 Å². The van der Waals surface area contributed by atoms with E-state index >= 15 is 0 Å². The third kappa shape index (κ3) is 5.10. The summed E-state index contributed by atoms with van der Waals surface area (Å²) in [5.41, 5.74) is -1.21. The SMILES string of the molecule is CO[C@H]1[C@@H](OC(C)C)[C@@H](CCP(=O)(O)O)O[C@H]1n1ccc(=O)[nH]c1=O. The van der Waals surface area contributed by atoms with Gasteiger partial charge in [-0.05, 0) is 20.3 Å². The summed E-state index contributed by atoms with van der Waals surface area (Å²) in [6, 6.07) is 1.18. The summed E-state index contributed by atoms with van der Waals surface area (Å²) in [4.78, 5) is 43.7. The van der Waals surface area contributed by atoms with E-state index in [0.717, 1.165) is 0 Å². The molecule has 142 valence electrons. The molecule has 0 unspecified atom stereocenters. The maximum atomic E-state index is 12.0. The molecule has 0 spiro atoms. The Hall–Kier alpha value is -1.29. The molecule has 25 heavy (non-hydrogen) atoms. The predicted octanol–water partition coefficient (Wildman–Crippen LogP) is -0.190. The number of methoxy groups -OCH3 is 1. The number of hydrogen-bond acceptors (Lipinski definition) is 6. The average Bonchev–Trinajstić information content (AvgIpc) is 2.81. The molecule has 1 aromatic heterocycles. The van der Waals surface area contributed by atoms with Crippen LogP contribution in [0.2, 0.25) is 0 Å². The van der Waals surface area contributed by atoms with Crippen LogP contribution in [-0.4, -0.2) is 57.0 Å². The highest BCUT2D eigenvalue weighted by Gasteiger charge is 2.47. The molecule has 1 aliphatic heterocycles. The van der Waals surface area contributed by atoms with Gasteiger partial charge in [0, 0.05) is 19.4 Å². The minimum Gasteiger partial charge on any atom is -0.374 e. The number of ether oxygens (including phenoxy) is 3. The van der Waals surface area contributed by atoms with Crippen LogP contribution in [0.4, 0.5) is 0 Å². The van der Waals surface area contributed by atoms with Crippen LogP contribution in [0.5, 0.6) is 0 Å². The van der Waals surface area contributed by atoms with Crippen molar-refractivity contribution in [2.45, 2.75) is 50.9 Å². The third-order valence-corrected chi connectivity index (χ3v) is 4.66. The first-order valence-corrected chi connectivity index (χ1v) is 9.62. The van der Waals surface area contributed by atoms with E-state index in [1.165, 1.54) is 23.9 Å². The second-order valence-corrected chi connectivity index (χ2v) is 7.89. The molecule has 2 rings (SSSR count). The van der Waals surface area contributed by atoms with E-state index in [0.29, 0.717) is 0 Å². The number of hydrogen-bond donors (Lipinski definition) is 3. The molecule has 0 saturated carbocycles. The molecule has 0 bridgehead atoms. The van der Waals surface area contributed by atoms with Gasteiger partial charge in [0.2, 0.25) is 0 Å². The van der Waals surface area contributed by atoms with Crippen LogP contribution in [0.25, 0.3) is 0 Å². The zero-order chi connectivity index (χ0) is 18.8. The highest BCUT2D eigenvalue weighted by atomic mass is 31.2. The monoisotopic (exact) mass is 378 g/mol. The van der Waals surface area contributed by atoms with Crippen molar-refractivity contribution in [2.24, 2.45) is 0 Å². The number of aromatic nitrogens is 2. The van der Waals surface area contributed by atoms with Crippen molar-refractivity contribution < 1.29 is 28.6 Å². The lowest BCUT2D eigenvalue weighted by Gasteiger charge is -2.25. The van der Waals surface area contributed by atoms with Gasteiger partial charge < -0.3 is 24.0 Å². The average molecular weight is 378 g/mol. The smallest absolute Gasteiger partial charge is 0.330 e. The molecule has 3 N–H and O–H groups in total. The molecule has 0 radical (unpaired) electrons. The topological polar surface area (TPSA) is 140 Å². The molecule has 10 nitrogen and oxygen atoms in total. The van der Waals surface area contributed by atoms with Crippen LogP contribution < -0.4 is 11.2 Å². The van der Waals surface area contributed by atoms with E-state index in [4.69, 9.17) is 24.0 Å². The van der Waals surface area contributed by atoms with E-state index in [2.05, 4.69) is 4.98 Å². The van der Waals surface area contributed by atoms with Gasteiger partial charge in [0.15, 0.2) is 6.23 Å². The maximum Gasteiger partial charge on any atom is 0.330 e. The number of H-pyrrole nitrogens is 1. The molecule has 0 aliphatic carbocycles. The fourth-order valence-corrected chi connectivity index (χ4v) is 3.41. The number of nitrogens with one attached hydrogen (secondary N) is 1. The standard InChI is InChI=1S/C14H23N2O8P/c1-8(2)23-11-9(5-7-25(19,20)21)24-13(12(11)22-3)16-6-4-10(17)15-14(16)18/h4,6,8-9,11-13H,5,7H2,1-3H3,(H,15,17,18)(H2,19,20,21)/t9-,11+,12+,13-/m1/s1. The van der Waals surface area contributed by atoms with Crippen molar-refractivity contribution in [2.75, 3.05) is 13.3 Å². The van der Waals surface area contributed by atoms with Crippen LogP contribution in [0.1, 0.15) is 26.5 Å². The minimum atomic E-state index is -4.21. The molecular weight excluding hydrogens is 355 g/mol. The molecule has 2 heterocycles. The van der Waals surface area contributed by atoms with Crippen LogP contribution in [0.15, 0.2) is 21.9 Å². The normalized spacial score (nSPS) is 27.1. The van der Waals surface area contributed by atoms with Gasteiger partial charge >= 0.3 is 13.3 Å². The van der Waals surface area contributed by atoms with Crippen molar-refractivity contribution >= 4 is 7.60 Å². The Morgan fingerprint density at radius 1 is 1.36 bits per heavy atom. The Balaban J connectivity index is 2.32. The van der Waals surface area contributed by atoms with Crippen molar-refractivity contribution in [3.8, 4) is 0 Å². The summed E-state index contributed by atoms with van der Waals surface area (Å²) >= 11 is 0. The lowest BCUT2D eigenvalue weighted by atomic mass is 10.1. The Morgan fingerprint density at radius 2 is 2.04 bits per heavy atom. The summed E-state index contributed by atoms with van der Waals surface area (Å²) in [7, 11) is -2.78.